The number of rotatable bonds is 5. The average Bonchev–Trinajstić information content (AvgIpc) is 2.47. The maximum atomic E-state index is 11.9. The molecule has 2 heterocycles. The van der Waals surface area contributed by atoms with Gasteiger partial charge in [-0.3, -0.25) is 0 Å². The minimum atomic E-state index is -3.15. The molecule has 2 N–H and O–H groups in total. The molecule has 0 aliphatic carbocycles. The maximum Gasteiger partial charge on any atom is 0.226 e. The lowest BCUT2D eigenvalue weighted by Gasteiger charge is -2.33. The number of thioether (sulfide) groups is 1. The molecule has 2 rings (SSSR count). The Labute approximate surface area is 130 Å². The van der Waals surface area contributed by atoms with Crippen LogP contribution in [-0.4, -0.2) is 54.1 Å². The first-order chi connectivity index (χ1) is 9.91. The third-order valence-corrected chi connectivity index (χ3v) is 6.19. The minimum absolute atomic E-state index is 0.106. The van der Waals surface area contributed by atoms with Gasteiger partial charge in [0.25, 0.3) is 0 Å². The van der Waals surface area contributed by atoms with E-state index < -0.39 is 15.2 Å². The quantitative estimate of drug-likeness (QED) is 0.849. The monoisotopic (exact) mass is 330 g/mol. The van der Waals surface area contributed by atoms with E-state index in [1.54, 1.807) is 29.1 Å². The van der Waals surface area contributed by atoms with Gasteiger partial charge in [-0.2, -0.15) is 11.8 Å². The average molecular weight is 330 g/mol. The number of hydrogen-bond donors (Lipinski definition) is 1. The van der Waals surface area contributed by atoms with Crippen LogP contribution < -0.4 is 10.6 Å². The van der Waals surface area contributed by atoms with Crippen molar-refractivity contribution in [3.63, 3.8) is 0 Å². The van der Waals surface area contributed by atoms with Crippen LogP contribution in [0.15, 0.2) is 12.4 Å². The van der Waals surface area contributed by atoms with E-state index in [2.05, 4.69) is 9.97 Å². The van der Waals surface area contributed by atoms with Crippen LogP contribution in [0.4, 0.5) is 5.95 Å². The fourth-order valence-electron chi connectivity index (χ4n) is 2.21. The molecule has 1 aromatic heterocycles. The molecule has 1 fully saturated rings. The summed E-state index contributed by atoms with van der Waals surface area (Å²) in [4.78, 5) is 10.5. The van der Waals surface area contributed by atoms with Crippen LogP contribution in [0.3, 0.4) is 0 Å². The molecule has 1 aliphatic heterocycles. The highest BCUT2D eigenvalue weighted by Gasteiger charge is 2.32. The van der Waals surface area contributed by atoms with Crippen LogP contribution in [0.1, 0.15) is 18.9 Å². The molecular weight excluding hydrogens is 308 g/mol. The van der Waals surface area contributed by atoms with E-state index in [9.17, 15) is 8.42 Å². The van der Waals surface area contributed by atoms with Gasteiger partial charge in [-0.1, -0.05) is 6.92 Å². The van der Waals surface area contributed by atoms with Gasteiger partial charge in [-0.05, 0) is 18.4 Å². The summed E-state index contributed by atoms with van der Waals surface area (Å²) in [6.07, 6.45) is 6.41. The molecule has 8 heteroatoms. The van der Waals surface area contributed by atoms with Crippen LogP contribution >= 0.6 is 11.8 Å². The summed E-state index contributed by atoms with van der Waals surface area (Å²) in [5.41, 5.74) is 6.90. The number of anilines is 1. The molecule has 118 valence electrons. The van der Waals surface area contributed by atoms with Gasteiger partial charge in [-0.15, -0.1) is 0 Å². The molecule has 1 saturated heterocycles. The van der Waals surface area contributed by atoms with Crippen molar-refractivity contribution in [2.45, 2.75) is 31.2 Å². The van der Waals surface area contributed by atoms with Crippen LogP contribution in [-0.2, 0) is 16.3 Å². The Bertz CT molecular complexity index is 562. The van der Waals surface area contributed by atoms with E-state index in [4.69, 9.17) is 5.73 Å². The molecule has 2 atom stereocenters. The zero-order chi connectivity index (χ0) is 15.5. The van der Waals surface area contributed by atoms with Gasteiger partial charge in [0, 0.05) is 42.7 Å². The molecule has 0 bridgehead atoms. The van der Waals surface area contributed by atoms with Crippen molar-refractivity contribution >= 4 is 27.5 Å². The topological polar surface area (TPSA) is 89.2 Å². The zero-order valence-electron chi connectivity index (χ0n) is 12.4. The molecule has 21 heavy (non-hydrogen) atoms. The first-order valence-electron chi connectivity index (χ1n) is 7.01. The van der Waals surface area contributed by atoms with Gasteiger partial charge >= 0.3 is 0 Å². The standard InChI is InChI=1S/C13H22N4O2S2/c1-3-11(14)6-10-7-15-13(16-8-10)17-4-5-20-9-12(17)21(2,18)19/h7-8,11-12H,3-6,9,14H2,1-2H3. The van der Waals surface area contributed by atoms with Crippen molar-refractivity contribution in [2.75, 3.05) is 29.2 Å². The molecule has 0 saturated carbocycles. The molecular formula is C13H22N4O2S2. The predicted molar refractivity (Wildman–Crippen MR) is 87.3 cm³/mol. The molecule has 1 aliphatic rings. The molecule has 2 unspecified atom stereocenters. The van der Waals surface area contributed by atoms with Crippen molar-refractivity contribution in [1.82, 2.24) is 9.97 Å². The number of nitrogens with two attached hydrogens (primary N) is 1. The summed E-state index contributed by atoms with van der Waals surface area (Å²) in [6.45, 7) is 2.69. The number of sulfone groups is 1. The highest BCUT2D eigenvalue weighted by Crippen LogP contribution is 2.24. The van der Waals surface area contributed by atoms with Gasteiger partial charge in [0.15, 0.2) is 9.84 Å². The number of nitrogens with zero attached hydrogens (tertiary/aromatic N) is 3. The second-order valence-electron chi connectivity index (χ2n) is 5.32. The fraction of sp³-hybridized carbons (Fsp3) is 0.692. The van der Waals surface area contributed by atoms with Gasteiger partial charge < -0.3 is 10.6 Å². The molecule has 6 nitrogen and oxygen atoms in total. The third-order valence-electron chi connectivity index (χ3n) is 3.55. The number of aromatic nitrogens is 2. The van der Waals surface area contributed by atoms with Crippen molar-refractivity contribution in [1.29, 1.82) is 0 Å². The first-order valence-corrected chi connectivity index (χ1v) is 10.1. The highest BCUT2D eigenvalue weighted by atomic mass is 32.2. The third kappa shape index (κ3) is 4.31. The van der Waals surface area contributed by atoms with Crippen molar-refractivity contribution in [3.8, 4) is 0 Å². The van der Waals surface area contributed by atoms with E-state index >= 15 is 0 Å². The predicted octanol–water partition coefficient (Wildman–Crippen LogP) is 0.680. The maximum absolute atomic E-state index is 11.9. The molecule has 0 aromatic carbocycles. The second kappa shape index (κ2) is 6.93. The Kier molecular flexibility index (Phi) is 5.45. The largest absolute Gasteiger partial charge is 0.327 e. The molecule has 0 amide bonds. The SMILES string of the molecule is CCC(N)Cc1cnc(N2CCSCC2S(C)(=O)=O)nc1. The van der Waals surface area contributed by atoms with Gasteiger partial charge in [0.1, 0.15) is 5.37 Å². The van der Waals surface area contributed by atoms with Gasteiger partial charge in [0.2, 0.25) is 5.95 Å². The lowest BCUT2D eigenvalue weighted by molar-refractivity contribution is 0.582. The fourth-order valence-corrected chi connectivity index (χ4v) is 5.03. The number of hydrogen-bond acceptors (Lipinski definition) is 7. The molecule has 0 radical (unpaired) electrons. The Hall–Kier alpha value is -0.860. The van der Waals surface area contributed by atoms with Gasteiger partial charge in [-0.25, -0.2) is 18.4 Å². The van der Waals surface area contributed by atoms with Gasteiger partial charge in [0.05, 0.1) is 0 Å². The summed E-state index contributed by atoms with van der Waals surface area (Å²) in [5.74, 6) is 1.93. The van der Waals surface area contributed by atoms with Crippen molar-refractivity contribution in [3.05, 3.63) is 18.0 Å². The van der Waals surface area contributed by atoms with E-state index in [1.807, 2.05) is 6.92 Å². The second-order valence-corrected chi connectivity index (χ2v) is 8.67. The molecule has 0 spiro atoms. The van der Waals surface area contributed by atoms with E-state index in [1.165, 1.54) is 6.26 Å². The summed E-state index contributed by atoms with van der Waals surface area (Å²) in [5, 5.41) is -0.542. The van der Waals surface area contributed by atoms with Crippen LogP contribution in [0.25, 0.3) is 0 Å². The minimum Gasteiger partial charge on any atom is -0.327 e. The summed E-state index contributed by atoms with van der Waals surface area (Å²) >= 11 is 1.65. The first kappa shape index (κ1) is 16.5. The summed E-state index contributed by atoms with van der Waals surface area (Å²) in [6, 6.07) is 0.106. The van der Waals surface area contributed by atoms with Crippen LogP contribution in [0, 0.1) is 0 Å². The van der Waals surface area contributed by atoms with Crippen LogP contribution in [0.5, 0.6) is 0 Å². The molecule has 1 aromatic rings. The summed E-state index contributed by atoms with van der Waals surface area (Å²) in [7, 11) is -3.15. The normalized spacial score (nSPS) is 21.3. The summed E-state index contributed by atoms with van der Waals surface area (Å²) < 4.78 is 23.8. The Balaban J connectivity index is 2.16. The lowest BCUT2D eigenvalue weighted by atomic mass is 10.1. The zero-order valence-corrected chi connectivity index (χ0v) is 14.0. The van der Waals surface area contributed by atoms with E-state index in [-0.39, 0.29) is 6.04 Å². The Morgan fingerprint density at radius 1 is 1.48 bits per heavy atom. The van der Waals surface area contributed by atoms with E-state index in [0.717, 1.165) is 24.2 Å². The Morgan fingerprint density at radius 3 is 2.71 bits per heavy atom. The van der Waals surface area contributed by atoms with Crippen molar-refractivity contribution < 1.29 is 8.42 Å². The van der Waals surface area contributed by atoms with Crippen molar-refractivity contribution in [2.24, 2.45) is 5.73 Å². The van der Waals surface area contributed by atoms with Crippen LogP contribution in [0.2, 0.25) is 0 Å². The smallest absolute Gasteiger partial charge is 0.226 e. The lowest BCUT2D eigenvalue weighted by Crippen LogP contribution is -2.47. The van der Waals surface area contributed by atoms with E-state index in [0.29, 0.717) is 18.2 Å². The Morgan fingerprint density at radius 2 is 2.14 bits per heavy atom. The highest BCUT2D eigenvalue weighted by molar-refractivity contribution is 8.01.